The van der Waals surface area contributed by atoms with Crippen LogP contribution >= 0.6 is 0 Å². The number of rotatable bonds is 5. The van der Waals surface area contributed by atoms with Crippen molar-refractivity contribution in [3.63, 3.8) is 0 Å². The minimum absolute atomic E-state index is 0.0791. The highest BCUT2D eigenvalue weighted by molar-refractivity contribution is 6.03. The summed E-state index contributed by atoms with van der Waals surface area (Å²) in [7, 11) is 0. The van der Waals surface area contributed by atoms with E-state index in [4.69, 9.17) is 0 Å². The minimum Gasteiger partial charge on any atom is -0.326 e. The van der Waals surface area contributed by atoms with E-state index in [1.54, 1.807) is 0 Å². The molecule has 4 heteroatoms. The Morgan fingerprint density at radius 1 is 0.920 bits per heavy atom. The topological polar surface area (TPSA) is 58.2 Å². The molecule has 1 saturated carbocycles. The maximum absolute atomic E-state index is 12.3. The molecule has 0 aliphatic heterocycles. The fraction of sp³-hybridized carbons (Fsp3) is 0.333. The molecule has 3 rings (SSSR count). The predicted molar refractivity (Wildman–Crippen MR) is 101 cm³/mol. The molecule has 1 aliphatic rings. The van der Waals surface area contributed by atoms with Crippen molar-refractivity contribution < 1.29 is 9.59 Å². The van der Waals surface area contributed by atoms with E-state index >= 15 is 0 Å². The highest BCUT2D eigenvalue weighted by atomic mass is 16.2. The summed E-state index contributed by atoms with van der Waals surface area (Å²) < 4.78 is 0. The molecule has 2 atom stereocenters. The van der Waals surface area contributed by atoms with Crippen LogP contribution in [0.4, 0.5) is 11.4 Å². The van der Waals surface area contributed by atoms with Crippen molar-refractivity contribution in [2.24, 2.45) is 11.8 Å². The van der Waals surface area contributed by atoms with Crippen LogP contribution in [0.3, 0.4) is 0 Å². The van der Waals surface area contributed by atoms with Crippen LogP contribution in [0.5, 0.6) is 0 Å². The van der Waals surface area contributed by atoms with Gasteiger partial charge in [0.25, 0.3) is 0 Å². The first-order valence-electron chi connectivity index (χ1n) is 8.73. The molecular weight excluding hydrogens is 312 g/mol. The van der Waals surface area contributed by atoms with Gasteiger partial charge in [-0.1, -0.05) is 44.2 Å². The summed E-state index contributed by atoms with van der Waals surface area (Å²) in [6.07, 6.45) is 0.605. The average Bonchev–Trinajstić information content (AvgIpc) is 3.38. The number of benzene rings is 2. The summed E-state index contributed by atoms with van der Waals surface area (Å²) in [5.74, 6) is -0.183. The summed E-state index contributed by atoms with van der Waals surface area (Å²) >= 11 is 0. The number of amides is 2. The van der Waals surface area contributed by atoms with E-state index in [1.807, 2.05) is 55.5 Å². The summed E-state index contributed by atoms with van der Waals surface area (Å²) in [5, 5.41) is 5.83. The normalized spacial score (nSPS) is 18.7. The first-order chi connectivity index (χ1) is 12.0. The van der Waals surface area contributed by atoms with Crippen LogP contribution in [0.15, 0.2) is 48.5 Å². The summed E-state index contributed by atoms with van der Waals surface area (Å²) in [6.45, 7) is 6.22. The molecular formula is C21H24N2O2. The number of carbonyl (C=O) groups is 2. The molecule has 0 radical (unpaired) electrons. The van der Waals surface area contributed by atoms with Crippen LogP contribution in [0.25, 0.3) is 0 Å². The van der Waals surface area contributed by atoms with Crippen molar-refractivity contribution in [2.45, 2.75) is 33.1 Å². The van der Waals surface area contributed by atoms with Crippen LogP contribution in [0, 0.1) is 18.8 Å². The number of hydrogen-bond acceptors (Lipinski definition) is 2. The highest BCUT2D eigenvalue weighted by Crippen LogP contribution is 2.40. The number of carbonyl (C=O) groups excluding carboxylic acids is 2. The Morgan fingerprint density at radius 2 is 1.52 bits per heavy atom. The maximum Gasteiger partial charge on any atom is 0.228 e. The van der Waals surface area contributed by atoms with Crippen LogP contribution in [0.1, 0.15) is 37.3 Å². The number of hydrogen-bond donors (Lipinski definition) is 2. The lowest BCUT2D eigenvalue weighted by Gasteiger charge is -2.09. The fourth-order valence-corrected chi connectivity index (χ4v) is 2.90. The highest BCUT2D eigenvalue weighted by Gasteiger charge is 2.48. The molecule has 4 nitrogen and oxygen atoms in total. The predicted octanol–water partition coefficient (Wildman–Crippen LogP) is 4.33. The molecule has 2 amide bonds. The Kier molecular flexibility index (Phi) is 4.88. The quantitative estimate of drug-likeness (QED) is 0.854. The SMILES string of the molecule is Cc1ccccc1NC(=O)C1CC1C(=O)Nc1ccc(C(C)C)cc1. The monoisotopic (exact) mass is 336 g/mol. The summed E-state index contributed by atoms with van der Waals surface area (Å²) in [4.78, 5) is 24.7. The largest absolute Gasteiger partial charge is 0.326 e. The van der Waals surface area contributed by atoms with E-state index < -0.39 is 0 Å². The van der Waals surface area contributed by atoms with E-state index in [-0.39, 0.29) is 23.7 Å². The molecule has 0 saturated heterocycles. The number of aryl methyl sites for hydroxylation is 1. The van der Waals surface area contributed by atoms with Crippen LogP contribution in [-0.4, -0.2) is 11.8 Å². The van der Waals surface area contributed by atoms with E-state index in [0.717, 1.165) is 16.9 Å². The Hall–Kier alpha value is -2.62. The Bertz CT molecular complexity index is 781. The first kappa shape index (κ1) is 17.2. The van der Waals surface area contributed by atoms with Gasteiger partial charge >= 0.3 is 0 Å². The molecule has 25 heavy (non-hydrogen) atoms. The van der Waals surface area contributed by atoms with E-state index in [1.165, 1.54) is 5.56 Å². The molecule has 2 unspecified atom stereocenters. The molecule has 1 fully saturated rings. The molecule has 2 N–H and O–H groups in total. The Morgan fingerprint density at radius 3 is 2.12 bits per heavy atom. The maximum atomic E-state index is 12.3. The van der Waals surface area contributed by atoms with Gasteiger partial charge in [0.15, 0.2) is 0 Å². The van der Waals surface area contributed by atoms with Crippen molar-refractivity contribution in [3.8, 4) is 0 Å². The molecule has 0 bridgehead atoms. The third-order valence-corrected chi connectivity index (χ3v) is 4.71. The zero-order valence-electron chi connectivity index (χ0n) is 14.9. The lowest BCUT2D eigenvalue weighted by Crippen LogP contribution is -2.20. The lowest BCUT2D eigenvalue weighted by molar-refractivity contribution is -0.122. The third-order valence-electron chi connectivity index (χ3n) is 4.71. The van der Waals surface area contributed by atoms with Crippen molar-refractivity contribution in [1.29, 1.82) is 0 Å². The molecule has 130 valence electrons. The molecule has 0 spiro atoms. The van der Waals surface area contributed by atoms with Crippen molar-refractivity contribution in [1.82, 2.24) is 0 Å². The lowest BCUT2D eigenvalue weighted by atomic mass is 10.0. The molecule has 2 aromatic carbocycles. The molecule has 2 aromatic rings. The number of anilines is 2. The smallest absolute Gasteiger partial charge is 0.228 e. The van der Waals surface area contributed by atoms with Gasteiger partial charge in [0, 0.05) is 11.4 Å². The second-order valence-electron chi connectivity index (χ2n) is 7.02. The summed E-state index contributed by atoms with van der Waals surface area (Å²) in [5.41, 5.74) is 3.84. The van der Waals surface area contributed by atoms with E-state index in [2.05, 4.69) is 24.5 Å². The average molecular weight is 336 g/mol. The van der Waals surface area contributed by atoms with Gasteiger partial charge in [0.2, 0.25) is 11.8 Å². The van der Waals surface area contributed by atoms with E-state index in [9.17, 15) is 9.59 Å². The van der Waals surface area contributed by atoms with Gasteiger partial charge in [-0.2, -0.15) is 0 Å². The van der Waals surface area contributed by atoms with Gasteiger partial charge < -0.3 is 10.6 Å². The molecule has 0 heterocycles. The van der Waals surface area contributed by atoms with Crippen LogP contribution in [-0.2, 0) is 9.59 Å². The second kappa shape index (κ2) is 7.09. The van der Waals surface area contributed by atoms with Gasteiger partial charge in [-0.3, -0.25) is 9.59 Å². The van der Waals surface area contributed by atoms with Crippen molar-refractivity contribution in [2.75, 3.05) is 10.6 Å². The first-order valence-corrected chi connectivity index (χ1v) is 8.73. The molecule has 1 aliphatic carbocycles. The standard InChI is InChI=1S/C21H24N2O2/c1-13(2)15-8-10-16(11-9-15)22-20(24)17-12-18(17)21(25)23-19-7-5-4-6-14(19)3/h4-11,13,17-18H,12H2,1-3H3,(H,22,24)(H,23,25). The Balaban J connectivity index is 1.55. The zero-order chi connectivity index (χ0) is 18.0. The van der Waals surface area contributed by atoms with Crippen LogP contribution in [0.2, 0.25) is 0 Å². The fourth-order valence-electron chi connectivity index (χ4n) is 2.90. The van der Waals surface area contributed by atoms with Gasteiger partial charge in [0.1, 0.15) is 0 Å². The summed E-state index contributed by atoms with van der Waals surface area (Å²) in [6, 6.07) is 15.5. The van der Waals surface area contributed by atoms with Gasteiger partial charge in [0.05, 0.1) is 11.8 Å². The minimum atomic E-state index is -0.242. The van der Waals surface area contributed by atoms with Crippen molar-refractivity contribution in [3.05, 3.63) is 59.7 Å². The van der Waals surface area contributed by atoms with Gasteiger partial charge in [-0.15, -0.1) is 0 Å². The van der Waals surface area contributed by atoms with Crippen LogP contribution < -0.4 is 10.6 Å². The van der Waals surface area contributed by atoms with Gasteiger partial charge in [-0.05, 0) is 48.6 Å². The van der Waals surface area contributed by atoms with E-state index in [0.29, 0.717) is 12.3 Å². The zero-order valence-corrected chi connectivity index (χ0v) is 14.9. The second-order valence-corrected chi connectivity index (χ2v) is 7.02. The molecule has 0 aromatic heterocycles. The van der Waals surface area contributed by atoms with Crippen molar-refractivity contribution >= 4 is 23.2 Å². The van der Waals surface area contributed by atoms with Gasteiger partial charge in [-0.25, -0.2) is 0 Å². The third kappa shape index (κ3) is 4.08. The number of para-hydroxylation sites is 1. The Labute approximate surface area is 148 Å². The number of nitrogens with one attached hydrogen (secondary N) is 2.